The second kappa shape index (κ2) is 7.11. The summed E-state index contributed by atoms with van der Waals surface area (Å²) >= 11 is 0. The minimum atomic E-state index is -0.942. The number of benzene rings is 1. The molecule has 0 saturated heterocycles. The molecule has 116 valence electrons. The first kappa shape index (κ1) is 17.0. The van der Waals surface area contributed by atoms with Crippen LogP contribution in [0.1, 0.15) is 45.7 Å². The fourth-order valence-electron chi connectivity index (χ4n) is 2.06. The third-order valence-electron chi connectivity index (χ3n) is 2.99. The molecule has 0 saturated carbocycles. The highest BCUT2D eigenvalue weighted by atomic mass is 16.6. The van der Waals surface area contributed by atoms with Crippen molar-refractivity contribution in [2.24, 2.45) is 5.92 Å². The summed E-state index contributed by atoms with van der Waals surface area (Å²) in [6.07, 6.45) is -0.207. The van der Waals surface area contributed by atoms with Gasteiger partial charge in [-0.25, -0.2) is 4.79 Å². The van der Waals surface area contributed by atoms with E-state index in [0.29, 0.717) is 6.42 Å². The van der Waals surface area contributed by atoms with Gasteiger partial charge in [-0.2, -0.15) is 0 Å². The number of amides is 1. The first-order valence-corrected chi connectivity index (χ1v) is 7.02. The summed E-state index contributed by atoms with van der Waals surface area (Å²) in [6.45, 7) is 7.07. The summed E-state index contributed by atoms with van der Waals surface area (Å²) in [4.78, 5) is 23.4. The van der Waals surface area contributed by atoms with Gasteiger partial charge in [0, 0.05) is 0 Å². The average Bonchev–Trinajstić information content (AvgIpc) is 2.37. The summed E-state index contributed by atoms with van der Waals surface area (Å²) in [7, 11) is 0. The molecule has 1 rings (SSSR count). The third kappa shape index (κ3) is 5.45. The van der Waals surface area contributed by atoms with Crippen LogP contribution in [0.5, 0.6) is 0 Å². The normalized spacial score (nSPS) is 14.1. The van der Waals surface area contributed by atoms with Crippen molar-refractivity contribution in [3.63, 3.8) is 0 Å². The van der Waals surface area contributed by atoms with E-state index >= 15 is 0 Å². The molecule has 1 aromatic carbocycles. The van der Waals surface area contributed by atoms with E-state index in [0.717, 1.165) is 5.56 Å². The van der Waals surface area contributed by atoms with Crippen LogP contribution in [0.25, 0.3) is 0 Å². The Morgan fingerprint density at radius 2 is 1.81 bits per heavy atom. The van der Waals surface area contributed by atoms with Gasteiger partial charge in [-0.05, 0) is 32.8 Å². The van der Waals surface area contributed by atoms with Crippen molar-refractivity contribution >= 4 is 12.1 Å². The SMILES string of the molecule is CCC(C(=O)O)[C@H](NC(=O)OC(C)(C)C)c1ccccc1. The number of carbonyl (C=O) groups is 2. The van der Waals surface area contributed by atoms with Gasteiger partial charge < -0.3 is 15.2 Å². The Bertz CT molecular complexity index is 479. The molecule has 0 aromatic heterocycles. The van der Waals surface area contributed by atoms with Crippen molar-refractivity contribution in [2.75, 3.05) is 0 Å². The molecule has 0 aliphatic rings. The van der Waals surface area contributed by atoms with E-state index in [4.69, 9.17) is 4.74 Å². The number of rotatable bonds is 5. The standard InChI is InChI=1S/C16H23NO4/c1-5-12(14(18)19)13(11-9-7-6-8-10-11)17-15(20)21-16(2,3)4/h6-10,12-13H,5H2,1-4H3,(H,17,20)(H,18,19)/t12?,13-/m1/s1. The number of ether oxygens (including phenoxy) is 1. The highest BCUT2D eigenvalue weighted by Crippen LogP contribution is 2.25. The van der Waals surface area contributed by atoms with Crippen molar-refractivity contribution < 1.29 is 19.4 Å². The minimum Gasteiger partial charge on any atom is -0.481 e. The Kier molecular flexibility index (Phi) is 5.76. The second-order valence-electron chi connectivity index (χ2n) is 5.89. The van der Waals surface area contributed by atoms with Gasteiger partial charge in [0.1, 0.15) is 5.60 Å². The molecule has 5 nitrogen and oxygen atoms in total. The smallest absolute Gasteiger partial charge is 0.408 e. The average molecular weight is 293 g/mol. The van der Waals surface area contributed by atoms with Crippen LogP contribution in [-0.4, -0.2) is 22.8 Å². The first-order valence-electron chi connectivity index (χ1n) is 7.02. The van der Waals surface area contributed by atoms with Crippen molar-refractivity contribution in [1.82, 2.24) is 5.32 Å². The molecule has 2 atom stereocenters. The minimum absolute atomic E-state index is 0.407. The predicted molar refractivity (Wildman–Crippen MR) is 80.0 cm³/mol. The summed E-state index contributed by atoms with van der Waals surface area (Å²) in [5.41, 5.74) is 0.119. The van der Waals surface area contributed by atoms with Gasteiger partial charge in [-0.3, -0.25) is 4.79 Å². The molecule has 1 amide bonds. The molecule has 21 heavy (non-hydrogen) atoms. The van der Waals surface area contributed by atoms with Crippen molar-refractivity contribution in [3.8, 4) is 0 Å². The van der Waals surface area contributed by atoms with E-state index in [1.54, 1.807) is 39.8 Å². The number of alkyl carbamates (subject to hydrolysis) is 1. The van der Waals surface area contributed by atoms with Crippen molar-refractivity contribution in [2.45, 2.75) is 45.8 Å². The summed E-state index contributed by atoms with van der Waals surface area (Å²) in [5.74, 6) is -1.65. The summed E-state index contributed by atoms with van der Waals surface area (Å²) in [5, 5.41) is 12.0. The summed E-state index contributed by atoms with van der Waals surface area (Å²) < 4.78 is 5.22. The molecule has 1 aromatic rings. The molecule has 0 spiro atoms. The predicted octanol–water partition coefficient (Wildman–Crippen LogP) is 3.36. The number of hydrogen-bond donors (Lipinski definition) is 2. The number of aliphatic carboxylic acids is 1. The third-order valence-corrected chi connectivity index (χ3v) is 2.99. The Labute approximate surface area is 125 Å². The lowest BCUT2D eigenvalue weighted by atomic mass is 9.91. The molecule has 0 bridgehead atoms. The Morgan fingerprint density at radius 1 is 1.24 bits per heavy atom. The van der Waals surface area contributed by atoms with Gasteiger partial charge >= 0.3 is 12.1 Å². The van der Waals surface area contributed by atoms with E-state index in [1.165, 1.54) is 0 Å². The van der Waals surface area contributed by atoms with Crippen LogP contribution in [0.15, 0.2) is 30.3 Å². The second-order valence-corrected chi connectivity index (χ2v) is 5.89. The maximum absolute atomic E-state index is 12.0. The number of nitrogens with one attached hydrogen (secondary N) is 1. The molecule has 2 N–H and O–H groups in total. The lowest BCUT2D eigenvalue weighted by molar-refractivity contribution is -0.142. The monoisotopic (exact) mass is 293 g/mol. The highest BCUT2D eigenvalue weighted by molar-refractivity contribution is 5.74. The van der Waals surface area contributed by atoms with E-state index in [2.05, 4.69) is 5.32 Å². The Morgan fingerprint density at radius 3 is 2.24 bits per heavy atom. The Balaban J connectivity index is 2.98. The van der Waals surface area contributed by atoms with Crippen LogP contribution in [0.3, 0.4) is 0 Å². The highest BCUT2D eigenvalue weighted by Gasteiger charge is 2.30. The molecule has 0 radical (unpaired) electrons. The van der Waals surface area contributed by atoms with E-state index < -0.39 is 29.6 Å². The molecule has 1 unspecified atom stereocenters. The van der Waals surface area contributed by atoms with Gasteiger partial charge in [0.2, 0.25) is 0 Å². The Hall–Kier alpha value is -2.04. The number of carboxylic acids is 1. The molecular formula is C16H23NO4. The fourth-order valence-corrected chi connectivity index (χ4v) is 2.06. The van der Waals surface area contributed by atoms with Crippen LogP contribution in [-0.2, 0) is 9.53 Å². The molecule has 0 heterocycles. The molecule has 5 heteroatoms. The number of carbonyl (C=O) groups excluding carboxylic acids is 1. The number of hydrogen-bond acceptors (Lipinski definition) is 3. The van der Waals surface area contributed by atoms with Crippen LogP contribution < -0.4 is 5.32 Å². The summed E-state index contributed by atoms with van der Waals surface area (Å²) in [6, 6.07) is 8.45. The topological polar surface area (TPSA) is 75.6 Å². The molecule has 0 fully saturated rings. The van der Waals surface area contributed by atoms with Crippen molar-refractivity contribution in [3.05, 3.63) is 35.9 Å². The number of carboxylic acid groups (broad SMARTS) is 1. The van der Waals surface area contributed by atoms with Gasteiger partial charge in [0.15, 0.2) is 0 Å². The fraction of sp³-hybridized carbons (Fsp3) is 0.500. The van der Waals surface area contributed by atoms with E-state index in [9.17, 15) is 14.7 Å². The van der Waals surface area contributed by atoms with Crippen LogP contribution >= 0.6 is 0 Å². The first-order chi connectivity index (χ1) is 9.74. The van der Waals surface area contributed by atoms with Crippen LogP contribution in [0.4, 0.5) is 4.79 Å². The maximum Gasteiger partial charge on any atom is 0.408 e. The molecule has 0 aliphatic carbocycles. The van der Waals surface area contributed by atoms with Crippen LogP contribution in [0, 0.1) is 5.92 Å². The van der Waals surface area contributed by atoms with E-state index in [-0.39, 0.29) is 0 Å². The van der Waals surface area contributed by atoms with E-state index in [1.807, 2.05) is 18.2 Å². The van der Waals surface area contributed by atoms with Crippen LogP contribution in [0.2, 0.25) is 0 Å². The van der Waals surface area contributed by atoms with Gasteiger partial charge in [-0.15, -0.1) is 0 Å². The van der Waals surface area contributed by atoms with Gasteiger partial charge in [0.05, 0.1) is 12.0 Å². The van der Waals surface area contributed by atoms with Gasteiger partial charge in [-0.1, -0.05) is 37.3 Å². The molecular weight excluding hydrogens is 270 g/mol. The lowest BCUT2D eigenvalue weighted by Gasteiger charge is -2.27. The zero-order chi connectivity index (χ0) is 16.0. The largest absolute Gasteiger partial charge is 0.481 e. The maximum atomic E-state index is 12.0. The lowest BCUT2D eigenvalue weighted by Crippen LogP contribution is -2.39. The van der Waals surface area contributed by atoms with Gasteiger partial charge in [0.25, 0.3) is 0 Å². The van der Waals surface area contributed by atoms with Crippen molar-refractivity contribution in [1.29, 1.82) is 0 Å². The zero-order valence-electron chi connectivity index (χ0n) is 12.9. The molecule has 0 aliphatic heterocycles. The quantitative estimate of drug-likeness (QED) is 0.872. The zero-order valence-corrected chi connectivity index (χ0v) is 12.9.